The van der Waals surface area contributed by atoms with Gasteiger partial charge < -0.3 is 9.63 Å². The summed E-state index contributed by atoms with van der Waals surface area (Å²) in [4.78, 5) is 13.7. The van der Waals surface area contributed by atoms with Crippen LogP contribution in [0.4, 0.5) is 4.39 Å². The molecule has 3 rings (SSSR count). The van der Waals surface area contributed by atoms with Crippen LogP contribution in [0.25, 0.3) is 0 Å². The molecule has 1 fully saturated rings. The van der Waals surface area contributed by atoms with Crippen LogP contribution in [0.1, 0.15) is 28.5 Å². The van der Waals surface area contributed by atoms with Gasteiger partial charge in [-0.15, -0.1) is 0 Å². The van der Waals surface area contributed by atoms with Crippen molar-refractivity contribution in [2.24, 2.45) is 5.92 Å². The second-order valence-corrected chi connectivity index (χ2v) is 6.10. The van der Waals surface area contributed by atoms with Gasteiger partial charge in [0, 0.05) is 31.1 Å². The molecule has 5 nitrogen and oxygen atoms in total. The van der Waals surface area contributed by atoms with Crippen LogP contribution in [0, 0.1) is 25.6 Å². The third-order valence-corrected chi connectivity index (χ3v) is 4.55. The van der Waals surface area contributed by atoms with Gasteiger partial charge in [-0.05, 0) is 31.5 Å². The number of aromatic nitrogens is 1. The Morgan fingerprint density at radius 2 is 2.22 bits per heavy atom. The Hall–Kier alpha value is -2.21. The quantitative estimate of drug-likeness (QED) is 0.939. The molecule has 1 aliphatic rings. The number of halogens is 1. The molecule has 0 amide bonds. The fourth-order valence-electron chi connectivity index (χ4n) is 3.29. The minimum Gasteiger partial charge on any atom is -0.481 e. The van der Waals surface area contributed by atoms with Crippen molar-refractivity contribution in [1.29, 1.82) is 0 Å². The first-order valence-corrected chi connectivity index (χ1v) is 7.58. The van der Waals surface area contributed by atoms with Gasteiger partial charge in [0.2, 0.25) is 0 Å². The molecule has 1 aromatic carbocycles. The van der Waals surface area contributed by atoms with Crippen LogP contribution in [0.3, 0.4) is 0 Å². The van der Waals surface area contributed by atoms with E-state index in [1.165, 1.54) is 12.1 Å². The standard InChI is InChI=1S/C17H19FN2O3/c1-10-14(11(2)23-19-10)7-20-8-15(16(9-20)17(21)22)12-4-3-5-13(18)6-12/h3-6,15-16H,7-9H2,1-2H3,(H,21,22). The van der Waals surface area contributed by atoms with E-state index in [0.29, 0.717) is 19.6 Å². The average Bonchev–Trinajstić information content (AvgIpc) is 3.06. The Labute approximate surface area is 133 Å². The van der Waals surface area contributed by atoms with Crippen molar-refractivity contribution < 1.29 is 18.8 Å². The zero-order valence-electron chi connectivity index (χ0n) is 13.1. The van der Waals surface area contributed by atoms with Crippen molar-refractivity contribution in [3.05, 3.63) is 52.7 Å². The molecule has 1 saturated heterocycles. The Morgan fingerprint density at radius 3 is 2.83 bits per heavy atom. The second kappa shape index (κ2) is 6.12. The summed E-state index contributed by atoms with van der Waals surface area (Å²) in [5.74, 6) is -1.19. The Bertz CT molecular complexity index is 709. The van der Waals surface area contributed by atoms with Gasteiger partial charge in [0.15, 0.2) is 0 Å². The predicted molar refractivity (Wildman–Crippen MR) is 81.5 cm³/mol. The highest BCUT2D eigenvalue weighted by Gasteiger charge is 2.39. The largest absolute Gasteiger partial charge is 0.481 e. The van der Waals surface area contributed by atoms with E-state index >= 15 is 0 Å². The number of carboxylic acid groups (broad SMARTS) is 1. The van der Waals surface area contributed by atoms with E-state index in [-0.39, 0.29) is 11.7 Å². The molecule has 122 valence electrons. The minimum atomic E-state index is -0.847. The lowest BCUT2D eigenvalue weighted by atomic mass is 9.89. The molecule has 0 aliphatic carbocycles. The van der Waals surface area contributed by atoms with Crippen LogP contribution in [0.15, 0.2) is 28.8 Å². The molecule has 2 atom stereocenters. The Balaban J connectivity index is 1.83. The number of hydrogen-bond donors (Lipinski definition) is 1. The lowest BCUT2D eigenvalue weighted by Crippen LogP contribution is -2.23. The van der Waals surface area contributed by atoms with Gasteiger partial charge in [-0.2, -0.15) is 0 Å². The summed E-state index contributed by atoms with van der Waals surface area (Å²) in [6, 6.07) is 6.22. The highest BCUT2D eigenvalue weighted by atomic mass is 19.1. The molecule has 0 saturated carbocycles. The Kier molecular flexibility index (Phi) is 4.17. The van der Waals surface area contributed by atoms with Gasteiger partial charge in [0.1, 0.15) is 11.6 Å². The molecule has 23 heavy (non-hydrogen) atoms. The number of nitrogens with zero attached hydrogens (tertiary/aromatic N) is 2. The number of benzene rings is 1. The van der Waals surface area contributed by atoms with Gasteiger partial charge in [0.25, 0.3) is 0 Å². The van der Waals surface area contributed by atoms with Crippen LogP contribution in [-0.2, 0) is 11.3 Å². The van der Waals surface area contributed by atoms with Crippen molar-refractivity contribution in [3.63, 3.8) is 0 Å². The number of hydrogen-bond acceptors (Lipinski definition) is 4. The van der Waals surface area contributed by atoms with Gasteiger partial charge in [-0.25, -0.2) is 4.39 Å². The monoisotopic (exact) mass is 318 g/mol. The SMILES string of the molecule is Cc1noc(C)c1CN1CC(C(=O)O)C(c2cccc(F)c2)C1. The number of aliphatic carboxylic acids is 1. The summed E-state index contributed by atoms with van der Waals surface area (Å²) in [5.41, 5.74) is 2.55. The summed E-state index contributed by atoms with van der Waals surface area (Å²) in [7, 11) is 0. The van der Waals surface area contributed by atoms with Crippen molar-refractivity contribution in [3.8, 4) is 0 Å². The molecule has 1 aliphatic heterocycles. The molecule has 2 heterocycles. The first-order chi connectivity index (χ1) is 11.0. The zero-order valence-corrected chi connectivity index (χ0v) is 13.1. The van der Waals surface area contributed by atoms with Crippen molar-refractivity contribution in [2.75, 3.05) is 13.1 Å². The molecule has 2 aromatic rings. The van der Waals surface area contributed by atoms with Gasteiger partial charge in [0.05, 0.1) is 11.6 Å². The van der Waals surface area contributed by atoms with E-state index in [9.17, 15) is 14.3 Å². The maximum absolute atomic E-state index is 13.5. The van der Waals surface area contributed by atoms with Gasteiger partial charge in [-0.1, -0.05) is 17.3 Å². The zero-order chi connectivity index (χ0) is 16.6. The topological polar surface area (TPSA) is 66.6 Å². The number of rotatable bonds is 4. The average molecular weight is 318 g/mol. The molecule has 0 spiro atoms. The summed E-state index contributed by atoms with van der Waals surface area (Å²) in [5, 5.41) is 13.4. The van der Waals surface area contributed by atoms with E-state index in [0.717, 1.165) is 22.6 Å². The first-order valence-electron chi connectivity index (χ1n) is 7.58. The lowest BCUT2D eigenvalue weighted by Gasteiger charge is -2.16. The smallest absolute Gasteiger partial charge is 0.308 e. The Morgan fingerprint density at radius 1 is 1.43 bits per heavy atom. The van der Waals surface area contributed by atoms with Crippen molar-refractivity contribution in [2.45, 2.75) is 26.3 Å². The van der Waals surface area contributed by atoms with Crippen molar-refractivity contribution in [1.82, 2.24) is 10.1 Å². The van der Waals surface area contributed by atoms with Crippen LogP contribution in [0.5, 0.6) is 0 Å². The van der Waals surface area contributed by atoms with Crippen LogP contribution >= 0.6 is 0 Å². The summed E-state index contributed by atoms with van der Waals surface area (Å²) < 4.78 is 18.6. The molecule has 1 aromatic heterocycles. The number of likely N-dealkylation sites (tertiary alicyclic amines) is 1. The molecule has 1 N–H and O–H groups in total. The highest BCUT2D eigenvalue weighted by Crippen LogP contribution is 2.34. The second-order valence-electron chi connectivity index (χ2n) is 6.10. The predicted octanol–water partition coefficient (Wildman–Crippen LogP) is 2.73. The summed E-state index contributed by atoms with van der Waals surface area (Å²) in [6.45, 7) is 5.33. The fraction of sp³-hybridized carbons (Fsp3) is 0.412. The van der Waals surface area contributed by atoms with E-state index in [2.05, 4.69) is 10.1 Å². The van der Waals surface area contributed by atoms with E-state index in [1.54, 1.807) is 12.1 Å². The molecular formula is C17H19FN2O3. The third-order valence-electron chi connectivity index (χ3n) is 4.55. The fourth-order valence-corrected chi connectivity index (χ4v) is 3.29. The maximum atomic E-state index is 13.5. The van der Waals surface area contributed by atoms with Gasteiger partial charge in [-0.3, -0.25) is 9.69 Å². The van der Waals surface area contributed by atoms with Crippen LogP contribution in [0.2, 0.25) is 0 Å². The number of carbonyl (C=O) groups is 1. The molecule has 0 bridgehead atoms. The van der Waals surface area contributed by atoms with E-state index in [4.69, 9.17) is 4.52 Å². The molecule has 2 unspecified atom stereocenters. The molecule has 6 heteroatoms. The normalized spacial score (nSPS) is 21.7. The number of aryl methyl sites for hydroxylation is 2. The summed E-state index contributed by atoms with van der Waals surface area (Å²) >= 11 is 0. The molecule has 0 radical (unpaired) electrons. The maximum Gasteiger partial charge on any atom is 0.308 e. The molecular weight excluding hydrogens is 299 g/mol. The van der Waals surface area contributed by atoms with E-state index in [1.807, 2.05) is 13.8 Å². The minimum absolute atomic E-state index is 0.219. The number of carboxylic acids is 1. The van der Waals surface area contributed by atoms with Crippen LogP contribution < -0.4 is 0 Å². The third kappa shape index (κ3) is 3.12. The van der Waals surface area contributed by atoms with Crippen molar-refractivity contribution >= 4 is 5.97 Å². The highest BCUT2D eigenvalue weighted by molar-refractivity contribution is 5.72. The van der Waals surface area contributed by atoms with Crippen LogP contribution in [-0.4, -0.2) is 34.2 Å². The first kappa shape index (κ1) is 15.7. The lowest BCUT2D eigenvalue weighted by molar-refractivity contribution is -0.141. The van der Waals surface area contributed by atoms with Gasteiger partial charge >= 0.3 is 5.97 Å². The van der Waals surface area contributed by atoms with E-state index < -0.39 is 11.9 Å². The summed E-state index contributed by atoms with van der Waals surface area (Å²) in [6.07, 6.45) is 0.